The summed E-state index contributed by atoms with van der Waals surface area (Å²) in [7, 11) is 0. The molecule has 1 N–H and O–H groups in total. The standard InChI is InChI=1S/C22H36O3/c1-16-8-6-9-17(2)11-12-19-14-20(25-18(3)23)21(4,13-7-10-16)15-22(19,5)24/h9-10,19-20,24H,6-8,11-15H2,1-5H3/b16-10-,17-9-/t19?,20-,21+,22+/m1/s1. The Bertz CT molecular complexity index is 543. The predicted octanol–water partition coefficient (Wildman–Crippen LogP) is 5.33. The van der Waals surface area contributed by atoms with Gasteiger partial charge in [-0.1, -0.05) is 30.2 Å². The van der Waals surface area contributed by atoms with Crippen LogP contribution in [0, 0.1) is 11.3 Å². The molecule has 1 fully saturated rings. The molecular weight excluding hydrogens is 312 g/mol. The number of esters is 1. The van der Waals surface area contributed by atoms with Crippen LogP contribution in [0.1, 0.15) is 86.0 Å². The summed E-state index contributed by atoms with van der Waals surface area (Å²) in [6, 6.07) is 0. The largest absolute Gasteiger partial charge is 0.462 e. The van der Waals surface area contributed by atoms with E-state index in [9.17, 15) is 9.90 Å². The molecule has 0 aromatic heterocycles. The molecule has 142 valence electrons. The van der Waals surface area contributed by atoms with Gasteiger partial charge in [0.05, 0.1) is 5.60 Å². The van der Waals surface area contributed by atoms with E-state index in [1.54, 1.807) is 0 Å². The number of carbonyl (C=O) groups is 1. The third-order valence-corrected chi connectivity index (χ3v) is 6.35. The molecule has 25 heavy (non-hydrogen) atoms. The van der Waals surface area contributed by atoms with E-state index in [4.69, 9.17) is 4.74 Å². The number of hydrogen-bond acceptors (Lipinski definition) is 3. The molecule has 0 saturated heterocycles. The molecule has 3 rings (SSSR count). The van der Waals surface area contributed by atoms with Crippen molar-refractivity contribution >= 4 is 5.97 Å². The number of carbonyl (C=O) groups excluding carboxylic acids is 1. The zero-order valence-electron chi connectivity index (χ0n) is 16.7. The number of rotatable bonds is 1. The van der Waals surface area contributed by atoms with Crippen molar-refractivity contribution in [3.8, 4) is 0 Å². The predicted molar refractivity (Wildman–Crippen MR) is 102 cm³/mol. The highest BCUT2D eigenvalue weighted by molar-refractivity contribution is 5.66. The molecule has 3 heteroatoms. The van der Waals surface area contributed by atoms with Crippen molar-refractivity contribution in [2.24, 2.45) is 11.3 Å². The highest BCUT2D eigenvalue weighted by atomic mass is 16.5. The molecule has 2 bridgehead atoms. The van der Waals surface area contributed by atoms with Gasteiger partial charge in [-0.15, -0.1) is 0 Å². The van der Waals surface area contributed by atoms with Crippen molar-refractivity contribution in [3.05, 3.63) is 23.3 Å². The maximum atomic E-state index is 11.7. The monoisotopic (exact) mass is 348 g/mol. The SMILES string of the molecule is CC(=O)O[C@@H]1CC2CC/C(C)=C\CC/C(C)=C\CC[C@@]1(C)C[C@]2(C)O. The van der Waals surface area contributed by atoms with E-state index < -0.39 is 5.60 Å². The summed E-state index contributed by atoms with van der Waals surface area (Å²) >= 11 is 0. The van der Waals surface area contributed by atoms with Gasteiger partial charge in [0, 0.05) is 12.3 Å². The summed E-state index contributed by atoms with van der Waals surface area (Å²) in [5.74, 6) is -0.0334. The van der Waals surface area contributed by atoms with Gasteiger partial charge in [-0.2, -0.15) is 0 Å². The maximum Gasteiger partial charge on any atom is 0.302 e. The highest BCUT2D eigenvalue weighted by Crippen LogP contribution is 2.50. The lowest BCUT2D eigenvalue weighted by Gasteiger charge is -2.51. The topological polar surface area (TPSA) is 46.5 Å². The molecule has 1 saturated carbocycles. The van der Waals surface area contributed by atoms with Crippen molar-refractivity contribution in [2.75, 3.05) is 0 Å². The molecule has 0 amide bonds. The van der Waals surface area contributed by atoms with Crippen molar-refractivity contribution in [1.82, 2.24) is 0 Å². The molecule has 0 aromatic rings. The van der Waals surface area contributed by atoms with Gasteiger partial charge in [-0.25, -0.2) is 0 Å². The van der Waals surface area contributed by atoms with Crippen LogP contribution in [0.3, 0.4) is 0 Å². The van der Waals surface area contributed by atoms with Gasteiger partial charge in [0.25, 0.3) is 0 Å². The second-order valence-corrected chi connectivity index (χ2v) is 8.94. The first kappa shape index (κ1) is 20.2. The summed E-state index contributed by atoms with van der Waals surface area (Å²) in [4.78, 5) is 11.7. The van der Waals surface area contributed by atoms with Crippen LogP contribution in [0.2, 0.25) is 0 Å². The molecule has 0 radical (unpaired) electrons. The molecule has 0 heterocycles. The molecule has 3 aliphatic carbocycles. The molecule has 0 aliphatic heterocycles. The summed E-state index contributed by atoms with van der Waals surface area (Å²) in [6.45, 7) is 10.1. The third kappa shape index (κ3) is 5.44. The van der Waals surface area contributed by atoms with E-state index >= 15 is 0 Å². The minimum absolute atomic E-state index is 0.101. The number of ether oxygens (including phenoxy) is 1. The van der Waals surface area contributed by atoms with Crippen LogP contribution < -0.4 is 0 Å². The molecule has 3 nitrogen and oxygen atoms in total. The van der Waals surface area contributed by atoms with E-state index in [1.807, 2.05) is 6.92 Å². The van der Waals surface area contributed by atoms with Crippen molar-refractivity contribution in [2.45, 2.75) is 97.7 Å². The van der Waals surface area contributed by atoms with Crippen LogP contribution in [0.25, 0.3) is 0 Å². The van der Waals surface area contributed by atoms with Gasteiger partial charge in [0.15, 0.2) is 0 Å². The van der Waals surface area contributed by atoms with Crippen molar-refractivity contribution in [1.29, 1.82) is 0 Å². The summed E-state index contributed by atoms with van der Waals surface area (Å²) in [6.07, 6.45) is 12.1. The zero-order chi connectivity index (χ0) is 18.7. The van der Waals surface area contributed by atoms with Crippen LogP contribution in [0.15, 0.2) is 23.3 Å². The summed E-state index contributed by atoms with van der Waals surface area (Å²) in [5.41, 5.74) is 1.96. The van der Waals surface area contributed by atoms with Crippen LogP contribution in [0.5, 0.6) is 0 Å². The second kappa shape index (κ2) is 8.07. The summed E-state index contributed by atoms with van der Waals surface area (Å²) < 4.78 is 5.75. The van der Waals surface area contributed by atoms with E-state index in [0.717, 1.165) is 44.9 Å². The van der Waals surface area contributed by atoms with E-state index in [-0.39, 0.29) is 23.4 Å². The van der Waals surface area contributed by atoms with Gasteiger partial charge in [-0.05, 0) is 78.1 Å². The van der Waals surface area contributed by atoms with Gasteiger partial charge < -0.3 is 9.84 Å². The first-order chi connectivity index (χ1) is 11.6. The maximum absolute atomic E-state index is 11.7. The van der Waals surface area contributed by atoms with Gasteiger partial charge in [0.1, 0.15) is 6.10 Å². The number of allylic oxidation sites excluding steroid dienone is 4. The third-order valence-electron chi connectivity index (χ3n) is 6.35. The van der Waals surface area contributed by atoms with Crippen LogP contribution in [-0.2, 0) is 9.53 Å². The number of hydrogen-bond donors (Lipinski definition) is 1. The Morgan fingerprint density at radius 3 is 2.48 bits per heavy atom. The number of aliphatic hydroxyl groups is 1. The van der Waals surface area contributed by atoms with E-state index in [2.05, 4.69) is 32.9 Å². The van der Waals surface area contributed by atoms with Gasteiger partial charge in [-0.3, -0.25) is 4.79 Å². The Kier molecular flexibility index (Phi) is 6.53. The first-order valence-electron chi connectivity index (χ1n) is 9.83. The summed E-state index contributed by atoms with van der Waals surface area (Å²) in [5, 5.41) is 11.2. The lowest BCUT2D eigenvalue weighted by atomic mass is 9.60. The lowest BCUT2D eigenvalue weighted by Crippen LogP contribution is -2.53. The highest BCUT2D eigenvalue weighted by Gasteiger charge is 2.50. The minimum Gasteiger partial charge on any atom is -0.462 e. The molecule has 0 aromatic carbocycles. The molecule has 0 spiro atoms. The Morgan fingerprint density at radius 2 is 1.80 bits per heavy atom. The molecule has 1 unspecified atom stereocenters. The van der Waals surface area contributed by atoms with E-state index in [1.165, 1.54) is 18.1 Å². The fraction of sp³-hybridized carbons (Fsp3) is 0.773. The van der Waals surface area contributed by atoms with Crippen LogP contribution in [-0.4, -0.2) is 22.8 Å². The normalized spacial score (nSPS) is 41.8. The first-order valence-corrected chi connectivity index (χ1v) is 9.83. The van der Waals surface area contributed by atoms with Gasteiger partial charge in [0.2, 0.25) is 0 Å². The Balaban J connectivity index is 2.31. The quantitative estimate of drug-likeness (QED) is 0.514. The average molecular weight is 349 g/mol. The van der Waals surface area contributed by atoms with Gasteiger partial charge >= 0.3 is 5.97 Å². The Labute approximate surface area is 153 Å². The molecular formula is C22H36O3. The van der Waals surface area contributed by atoms with Crippen LogP contribution >= 0.6 is 0 Å². The lowest BCUT2D eigenvalue weighted by molar-refractivity contribution is -0.176. The smallest absolute Gasteiger partial charge is 0.302 e. The zero-order valence-corrected chi connectivity index (χ0v) is 16.7. The number of fused-ring (bicyclic) bond motifs is 9. The Morgan fingerprint density at radius 1 is 1.16 bits per heavy atom. The van der Waals surface area contributed by atoms with Crippen LogP contribution in [0.4, 0.5) is 0 Å². The van der Waals surface area contributed by atoms with Crippen molar-refractivity contribution in [3.63, 3.8) is 0 Å². The second-order valence-electron chi connectivity index (χ2n) is 8.94. The fourth-order valence-corrected chi connectivity index (χ4v) is 4.74. The molecule has 3 aliphatic rings. The minimum atomic E-state index is -0.700. The molecule has 4 atom stereocenters. The van der Waals surface area contributed by atoms with Crippen molar-refractivity contribution < 1.29 is 14.6 Å². The Hall–Kier alpha value is -1.09. The fourth-order valence-electron chi connectivity index (χ4n) is 4.74. The average Bonchev–Trinajstić information content (AvgIpc) is 2.47. The van der Waals surface area contributed by atoms with E-state index in [0.29, 0.717) is 6.42 Å².